The van der Waals surface area contributed by atoms with Gasteiger partial charge in [0, 0.05) is 12.1 Å². The molecule has 3 rings (SSSR count). The number of benzene rings is 1. The van der Waals surface area contributed by atoms with E-state index in [4.69, 9.17) is 0 Å². The molecule has 0 radical (unpaired) electrons. The Morgan fingerprint density at radius 1 is 1.04 bits per heavy atom. The number of unbranched alkanes of at least 4 members (excludes halogenated alkanes) is 1. The first-order valence-electron chi connectivity index (χ1n) is 8.48. The van der Waals surface area contributed by atoms with Gasteiger partial charge in [0.2, 0.25) is 0 Å². The molecule has 2 amide bonds. The summed E-state index contributed by atoms with van der Waals surface area (Å²) in [5.74, 6) is -0.359. The third kappa shape index (κ3) is 3.16. The van der Waals surface area contributed by atoms with Crippen LogP contribution in [-0.4, -0.2) is 47.1 Å². The molecule has 0 unspecified atom stereocenters. The molecule has 5 heteroatoms. The summed E-state index contributed by atoms with van der Waals surface area (Å²) < 4.78 is 0. The van der Waals surface area contributed by atoms with Gasteiger partial charge in [0.15, 0.2) is 0 Å². The van der Waals surface area contributed by atoms with Gasteiger partial charge in [-0.1, -0.05) is 25.0 Å². The third-order valence-electron chi connectivity index (χ3n) is 5.05. The fourth-order valence-electron chi connectivity index (χ4n) is 3.63. The molecule has 124 valence electrons. The van der Waals surface area contributed by atoms with Gasteiger partial charge in [-0.2, -0.15) is 0 Å². The van der Waals surface area contributed by atoms with Crippen molar-refractivity contribution < 1.29 is 14.7 Å². The first kappa shape index (κ1) is 16.1. The second-order valence-corrected chi connectivity index (χ2v) is 6.59. The molecular formula is C18H24N2O3. The van der Waals surface area contributed by atoms with E-state index in [2.05, 4.69) is 5.32 Å². The molecule has 0 saturated heterocycles. The van der Waals surface area contributed by atoms with Gasteiger partial charge in [0.1, 0.15) is 0 Å². The summed E-state index contributed by atoms with van der Waals surface area (Å²) in [6.07, 6.45) is 6.06. The molecule has 2 aliphatic rings. The zero-order valence-corrected chi connectivity index (χ0v) is 13.4. The number of carbonyl (C=O) groups is 2. The topological polar surface area (TPSA) is 69.6 Å². The molecule has 1 aliphatic carbocycles. The smallest absolute Gasteiger partial charge is 0.261 e. The van der Waals surface area contributed by atoms with Crippen molar-refractivity contribution >= 4 is 11.8 Å². The van der Waals surface area contributed by atoms with Crippen molar-refractivity contribution in [3.05, 3.63) is 35.4 Å². The minimum absolute atomic E-state index is 0.102. The lowest BCUT2D eigenvalue weighted by Crippen LogP contribution is -2.46. The number of fused-ring (bicyclic) bond motifs is 1. The van der Waals surface area contributed by atoms with E-state index in [1.54, 1.807) is 24.3 Å². The summed E-state index contributed by atoms with van der Waals surface area (Å²) in [7, 11) is 0. The van der Waals surface area contributed by atoms with E-state index >= 15 is 0 Å². The van der Waals surface area contributed by atoms with Crippen LogP contribution in [0.2, 0.25) is 0 Å². The first-order chi connectivity index (χ1) is 11.2. The third-order valence-corrected chi connectivity index (χ3v) is 5.05. The number of imide groups is 1. The molecule has 1 heterocycles. The van der Waals surface area contributed by atoms with Gasteiger partial charge in [-0.05, 0) is 44.4 Å². The normalized spacial score (nSPS) is 19.4. The maximum Gasteiger partial charge on any atom is 0.261 e. The van der Waals surface area contributed by atoms with Crippen LogP contribution in [0.1, 0.15) is 59.2 Å². The minimum Gasteiger partial charge on any atom is -0.394 e. The van der Waals surface area contributed by atoms with Crippen molar-refractivity contribution in [2.24, 2.45) is 0 Å². The second kappa shape index (κ2) is 6.81. The minimum atomic E-state index is -0.179. The Labute approximate surface area is 136 Å². The molecule has 0 spiro atoms. The number of carbonyl (C=O) groups excluding carboxylic acids is 2. The molecular weight excluding hydrogens is 292 g/mol. The van der Waals surface area contributed by atoms with Crippen LogP contribution in [0, 0.1) is 0 Å². The Hall–Kier alpha value is -1.72. The van der Waals surface area contributed by atoms with Crippen LogP contribution in [0.5, 0.6) is 0 Å². The molecule has 1 aromatic rings. The van der Waals surface area contributed by atoms with Crippen molar-refractivity contribution in [3.63, 3.8) is 0 Å². The number of hydrogen-bond donors (Lipinski definition) is 2. The maximum absolute atomic E-state index is 12.2. The Morgan fingerprint density at radius 3 is 2.22 bits per heavy atom. The SMILES string of the molecule is O=C1c2ccccc2C(=O)N1CCCCNC1(CO)CCCC1. The quantitative estimate of drug-likeness (QED) is 0.596. The predicted molar refractivity (Wildman–Crippen MR) is 87.3 cm³/mol. The van der Waals surface area contributed by atoms with Crippen molar-refractivity contribution in [2.45, 2.75) is 44.1 Å². The van der Waals surface area contributed by atoms with Gasteiger partial charge in [-0.3, -0.25) is 14.5 Å². The Balaban J connectivity index is 1.45. The van der Waals surface area contributed by atoms with Gasteiger partial charge in [-0.25, -0.2) is 0 Å². The highest BCUT2D eigenvalue weighted by Crippen LogP contribution is 2.29. The number of hydrogen-bond acceptors (Lipinski definition) is 4. The zero-order chi connectivity index (χ0) is 16.3. The molecule has 1 saturated carbocycles. The second-order valence-electron chi connectivity index (χ2n) is 6.59. The molecule has 1 aromatic carbocycles. The standard InChI is InChI=1S/C18H24N2O3/c21-13-18(9-3-4-10-18)19-11-5-6-12-20-16(22)14-7-1-2-8-15(14)17(20)23/h1-2,7-8,19,21H,3-6,9-13H2. The first-order valence-corrected chi connectivity index (χ1v) is 8.48. The molecule has 2 N–H and O–H groups in total. The van der Waals surface area contributed by atoms with E-state index in [-0.39, 0.29) is 24.0 Å². The Morgan fingerprint density at radius 2 is 1.65 bits per heavy atom. The number of amides is 2. The van der Waals surface area contributed by atoms with Gasteiger partial charge in [0.05, 0.1) is 17.7 Å². The number of aliphatic hydroxyl groups excluding tert-OH is 1. The van der Waals surface area contributed by atoms with Crippen LogP contribution in [0.15, 0.2) is 24.3 Å². The van der Waals surface area contributed by atoms with Gasteiger partial charge < -0.3 is 10.4 Å². The van der Waals surface area contributed by atoms with Crippen molar-refractivity contribution in [1.82, 2.24) is 10.2 Å². The number of nitrogens with one attached hydrogen (secondary N) is 1. The average Bonchev–Trinajstić information content (AvgIpc) is 3.14. The highest BCUT2D eigenvalue weighted by atomic mass is 16.3. The van der Waals surface area contributed by atoms with E-state index in [9.17, 15) is 14.7 Å². The summed E-state index contributed by atoms with van der Waals surface area (Å²) >= 11 is 0. The summed E-state index contributed by atoms with van der Waals surface area (Å²) in [5, 5.41) is 13.0. The molecule has 5 nitrogen and oxygen atoms in total. The predicted octanol–water partition coefficient (Wildman–Crippen LogP) is 1.96. The van der Waals surface area contributed by atoms with Gasteiger partial charge in [0.25, 0.3) is 11.8 Å². The number of rotatable bonds is 7. The summed E-state index contributed by atoms with van der Waals surface area (Å²) in [4.78, 5) is 25.8. The maximum atomic E-state index is 12.2. The fourth-order valence-corrected chi connectivity index (χ4v) is 3.63. The zero-order valence-electron chi connectivity index (χ0n) is 13.4. The van der Waals surface area contributed by atoms with Crippen LogP contribution in [0.3, 0.4) is 0 Å². The van der Waals surface area contributed by atoms with Gasteiger partial charge in [-0.15, -0.1) is 0 Å². The van der Waals surface area contributed by atoms with E-state index in [1.165, 1.54) is 17.7 Å². The molecule has 0 atom stereocenters. The Bertz CT molecular complexity index is 559. The number of nitrogens with zero attached hydrogens (tertiary/aromatic N) is 1. The van der Waals surface area contributed by atoms with Crippen LogP contribution < -0.4 is 5.32 Å². The number of aliphatic hydroxyl groups is 1. The summed E-state index contributed by atoms with van der Waals surface area (Å²) in [6.45, 7) is 1.45. The summed E-state index contributed by atoms with van der Waals surface area (Å²) in [5.41, 5.74) is 0.928. The highest BCUT2D eigenvalue weighted by Gasteiger charge is 2.35. The van der Waals surface area contributed by atoms with Crippen LogP contribution >= 0.6 is 0 Å². The average molecular weight is 316 g/mol. The van der Waals surface area contributed by atoms with Crippen molar-refractivity contribution in [3.8, 4) is 0 Å². The molecule has 0 bridgehead atoms. The molecule has 0 aromatic heterocycles. The van der Waals surface area contributed by atoms with E-state index in [0.717, 1.165) is 32.2 Å². The van der Waals surface area contributed by atoms with Crippen molar-refractivity contribution in [1.29, 1.82) is 0 Å². The Kier molecular flexibility index (Phi) is 4.78. The highest BCUT2D eigenvalue weighted by molar-refractivity contribution is 6.21. The largest absolute Gasteiger partial charge is 0.394 e. The fraction of sp³-hybridized carbons (Fsp3) is 0.556. The van der Waals surface area contributed by atoms with E-state index in [0.29, 0.717) is 17.7 Å². The lowest BCUT2D eigenvalue weighted by Gasteiger charge is -2.28. The van der Waals surface area contributed by atoms with E-state index in [1.807, 2.05) is 0 Å². The van der Waals surface area contributed by atoms with Crippen LogP contribution in [-0.2, 0) is 0 Å². The monoisotopic (exact) mass is 316 g/mol. The lowest BCUT2D eigenvalue weighted by atomic mass is 9.99. The van der Waals surface area contributed by atoms with Crippen LogP contribution in [0.4, 0.5) is 0 Å². The molecule has 1 fully saturated rings. The van der Waals surface area contributed by atoms with Gasteiger partial charge >= 0.3 is 0 Å². The van der Waals surface area contributed by atoms with Crippen LogP contribution in [0.25, 0.3) is 0 Å². The molecule has 23 heavy (non-hydrogen) atoms. The van der Waals surface area contributed by atoms with E-state index < -0.39 is 0 Å². The molecule has 1 aliphatic heterocycles. The summed E-state index contributed by atoms with van der Waals surface area (Å²) in [6, 6.07) is 6.99. The lowest BCUT2D eigenvalue weighted by molar-refractivity contribution is 0.0651. The van der Waals surface area contributed by atoms with Crippen molar-refractivity contribution in [2.75, 3.05) is 19.7 Å².